The van der Waals surface area contributed by atoms with E-state index in [1.54, 1.807) is 0 Å². The van der Waals surface area contributed by atoms with Crippen molar-refractivity contribution in [2.45, 2.75) is 19.9 Å². The number of hydrogen-bond donors (Lipinski definition) is 3. The van der Waals surface area contributed by atoms with Crippen molar-refractivity contribution >= 4 is 5.91 Å². The lowest BCUT2D eigenvalue weighted by Crippen LogP contribution is -2.36. The Morgan fingerprint density at radius 3 is 2.76 bits per heavy atom. The number of aryl methyl sites for hydroxylation is 1. The molecule has 1 atom stereocenters. The van der Waals surface area contributed by atoms with E-state index in [1.165, 1.54) is 11.1 Å². The van der Waals surface area contributed by atoms with Crippen LogP contribution in [-0.2, 0) is 6.54 Å². The minimum Gasteiger partial charge on any atom is -0.351 e. The zero-order chi connectivity index (χ0) is 17.8. The fourth-order valence-electron chi connectivity index (χ4n) is 3.09. The van der Waals surface area contributed by atoms with Crippen LogP contribution >= 0.6 is 0 Å². The summed E-state index contributed by atoms with van der Waals surface area (Å²) in [4.78, 5) is 41.4. The van der Waals surface area contributed by atoms with E-state index in [2.05, 4.69) is 51.4 Å². The fraction of sp³-hybridized carbons (Fsp3) is 0.389. The minimum atomic E-state index is -0.673. The van der Waals surface area contributed by atoms with Crippen molar-refractivity contribution in [3.63, 3.8) is 0 Å². The molecule has 0 bridgehead atoms. The molecule has 3 rings (SSSR count). The Balaban J connectivity index is 1.49. The van der Waals surface area contributed by atoms with Crippen LogP contribution in [-0.4, -0.2) is 40.4 Å². The van der Waals surface area contributed by atoms with Crippen molar-refractivity contribution in [1.82, 2.24) is 20.2 Å². The number of nitrogens with one attached hydrogen (secondary N) is 3. The molecule has 25 heavy (non-hydrogen) atoms. The summed E-state index contributed by atoms with van der Waals surface area (Å²) in [6.07, 6.45) is 2.16. The Labute approximate surface area is 145 Å². The summed E-state index contributed by atoms with van der Waals surface area (Å²) >= 11 is 0. The Hall–Kier alpha value is -2.67. The first-order chi connectivity index (χ1) is 12.0. The van der Waals surface area contributed by atoms with Crippen molar-refractivity contribution < 1.29 is 4.79 Å². The Bertz CT molecular complexity index is 854. The number of hydrogen-bond acceptors (Lipinski definition) is 4. The van der Waals surface area contributed by atoms with Crippen LogP contribution in [0, 0.1) is 12.8 Å². The molecule has 7 nitrogen and oxygen atoms in total. The monoisotopic (exact) mass is 342 g/mol. The predicted molar refractivity (Wildman–Crippen MR) is 94.6 cm³/mol. The summed E-state index contributed by atoms with van der Waals surface area (Å²) in [6.45, 7) is 5.40. The van der Waals surface area contributed by atoms with Gasteiger partial charge in [0.15, 0.2) is 0 Å². The molecular formula is C18H22N4O3. The largest absolute Gasteiger partial charge is 0.351 e. The van der Waals surface area contributed by atoms with Gasteiger partial charge in [-0.2, -0.15) is 0 Å². The third-order valence-corrected chi connectivity index (χ3v) is 4.51. The highest BCUT2D eigenvalue weighted by Gasteiger charge is 2.23. The van der Waals surface area contributed by atoms with Crippen LogP contribution in [0.2, 0.25) is 0 Å². The van der Waals surface area contributed by atoms with Gasteiger partial charge < -0.3 is 10.3 Å². The van der Waals surface area contributed by atoms with Gasteiger partial charge >= 0.3 is 5.69 Å². The molecule has 1 amide bonds. The maximum absolute atomic E-state index is 12.1. The maximum atomic E-state index is 12.1. The standard InChI is InChI=1S/C18H22N4O3/c1-12-2-4-13(5-3-12)10-22-7-6-14(11-22)8-19-16(23)15-9-20-18(25)21-17(15)24/h2-5,9,14H,6-8,10-11H2,1H3,(H,19,23)(H2,20,21,24,25). The highest BCUT2D eigenvalue weighted by Crippen LogP contribution is 2.18. The van der Waals surface area contributed by atoms with Crippen molar-refractivity contribution in [2.24, 2.45) is 5.92 Å². The van der Waals surface area contributed by atoms with E-state index in [-0.39, 0.29) is 5.56 Å². The topological polar surface area (TPSA) is 98.1 Å². The molecule has 1 aliphatic rings. The zero-order valence-electron chi connectivity index (χ0n) is 14.2. The van der Waals surface area contributed by atoms with E-state index in [1.807, 2.05) is 0 Å². The van der Waals surface area contributed by atoms with Crippen LogP contribution in [0.4, 0.5) is 0 Å². The zero-order valence-corrected chi connectivity index (χ0v) is 14.2. The molecular weight excluding hydrogens is 320 g/mol. The molecule has 132 valence electrons. The summed E-state index contributed by atoms with van der Waals surface area (Å²) in [5.74, 6) is -0.106. The normalized spacial score (nSPS) is 17.6. The van der Waals surface area contributed by atoms with Crippen LogP contribution in [0.25, 0.3) is 0 Å². The maximum Gasteiger partial charge on any atom is 0.325 e. The van der Waals surface area contributed by atoms with Crippen LogP contribution in [0.1, 0.15) is 27.9 Å². The van der Waals surface area contributed by atoms with E-state index in [9.17, 15) is 14.4 Å². The van der Waals surface area contributed by atoms with Crippen molar-refractivity contribution in [2.75, 3.05) is 19.6 Å². The molecule has 0 aliphatic carbocycles. The molecule has 1 unspecified atom stereocenters. The number of likely N-dealkylation sites (tertiary alicyclic amines) is 1. The van der Waals surface area contributed by atoms with E-state index in [0.29, 0.717) is 12.5 Å². The number of aromatic amines is 2. The van der Waals surface area contributed by atoms with Gasteiger partial charge in [0.1, 0.15) is 5.56 Å². The van der Waals surface area contributed by atoms with E-state index in [0.717, 1.165) is 32.3 Å². The van der Waals surface area contributed by atoms with E-state index in [4.69, 9.17) is 0 Å². The molecule has 0 saturated carbocycles. The Morgan fingerprint density at radius 2 is 2.04 bits per heavy atom. The summed E-state index contributed by atoms with van der Waals surface area (Å²) in [7, 11) is 0. The van der Waals surface area contributed by atoms with E-state index >= 15 is 0 Å². The molecule has 3 N–H and O–H groups in total. The first kappa shape index (κ1) is 17.2. The molecule has 2 heterocycles. The molecule has 1 saturated heterocycles. The first-order valence-electron chi connectivity index (χ1n) is 8.39. The number of benzene rings is 1. The average molecular weight is 342 g/mol. The number of rotatable bonds is 5. The molecule has 7 heteroatoms. The summed E-state index contributed by atoms with van der Waals surface area (Å²) in [6, 6.07) is 8.52. The van der Waals surface area contributed by atoms with Crippen molar-refractivity contribution in [3.05, 3.63) is 68.0 Å². The lowest BCUT2D eigenvalue weighted by atomic mass is 10.1. The van der Waals surface area contributed by atoms with Gasteiger partial charge in [-0.15, -0.1) is 0 Å². The van der Waals surface area contributed by atoms with Gasteiger partial charge in [0.05, 0.1) is 0 Å². The second kappa shape index (κ2) is 7.48. The molecule has 1 fully saturated rings. The molecule has 1 aromatic heterocycles. The number of carbonyl (C=O) groups excluding carboxylic acids is 1. The molecule has 2 aromatic rings. The van der Waals surface area contributed by atoms with Gasteiger partial charge in [-0.3, -0.25) is 19.5 Å². The average Bonchev–Trinajstić information content (AvgIpc) is 3.02. The SMILES string of the molecule is Cc1ccc(CN2CCC(CNC(=O)c3c[nH]c(=O)[nH]c3=O)C2)cc1. The van der Waals surface area contributed by atoms with Crippen LogP contribution in [0.3, 0.4) is 0 Å². The smallest absolute Gasteiger partial charge is 0.325 e. The second-order valence-electron chi connectivity index (χ2n) is 6.57. The predicted octanol–water partition coefficient (Wildman–Crippen LogP) is 0.624. The number of amides is 1. The highest BCUT2D eigenvalue weighted by molar-refractivity contribution is 5.93. The van der Waals surface area contributed by atoms with Gasteiger partial charge in [0, 0.05) is 25.8 Å². The van der Waals surface area contributed by atoms with Gasteiger partial charge in [-0.05, 0) is 31.4 Å². The number of aromatic nitrogens is 2. The van der Waals surface area contributed by atoms with Gasteiger partial charge in [0.2, 0.25) is 0 Å². The molecule has 1 aromatic carbocycles. The number of carbonyl (C=O) groups is 1. The Kier molecular flexibility index (Phi) is 5.14. The first-order valence-corrected chi connectivity index (χ1v) is 8.39. The lowest BCUT2D eigenvalue weighted by Gasteiger charge is -2.16. The summed E-state index contributed by atoms with van der Waals surface area (Å²) in [5.41, 5.74) is 1.17. The quantitative estimate of drug-likeness (QED) is 0.742. The van der Waals surface area contributed by atoms with Crippen molar-refractivity contribution in [1.29, 1.82) is 0 Å². The van der Waals surface area contributed by atoms with Gasteiger partial charge in [0.25, 0.3) is 11.5 Å². The minimum absolute atomic E-state index is 0.0749. The fourth-order valence-corrected chi connectivity index (χ4v) is 3.09. The van der Waals surface area contributed by atoms with E-state index < -0.39 is 17.2 Å². The molecule has 1 aliphatic heterocycles. The van der Waals surface area contributed by atoms with Crippen LogP contribution in [0.15, 0.2) is 40.1 Å². The lowest BCUT2D eigenvalue weighted by molar-refractivity contribution is 0.0945. The third-order valence-electron chi connectivity index (χ3n) is 4.51. The van der Waals surface area contributed by atoms with Crippen LogP contribution < -0.4 is 16.6 Å². The molecule has 0 radical (unpaired) electrons. The van der Waals surface area contributed by atoms with Gasteiger partial charge in [-0.1, -0.05) is 29.8 Å². The third kappa shape index (κ3) is 4.45. The number of nitrogens with zero attached hydrogens (tertiary/aromatic N) is 1. The van der Waals surface area contributed by atoms with Crippen LogP contribution in [0.5, 0.6) is 0 Å². The summed E-state index contributed by atoms with van der Waals surface area (Å²) in [5, 5.41) is 2.79. The van der Waals surface area contributed by atoms with Gasteiger partial charge in [-0.25, -0.2) is 4.79 Å². The Morgan fingerprint density at radius 1 is 1.28 bits per heavy atom. The van der Waals surface area contributed by atoms with Crippen molar-refractivity contribution in [3.8, 4) is 0 Å². The number of H-pyrrole nitrogens is 2. The molecule has 0 spiro atoms. The second-order valence-corrected chi connectivity index (χ2v) is 6.57. The highest BCUT2D eigenvalue weighted by atomic mass is 16.2. The summed E-state index contributed by atoms with van der Waals surface area (Å²) < 4.78 is 0.